The molecule has 0 aliphatic heterocycles. The third kappa shape index (κ3) is 3.06. The summed E-state index contributed by atoms with van der Waals surface area (Å²) in [6.07, 6.45) is 3.72. The number of rotatable bonds is 5. The molecule has 0 saturated carbocycles. The van der Waals surface area contributed by atoms with Crippen LogP contribution in [0.1, 0.15) is 48.2 Å². The topological polar surface area (TPSA) is 51.2 Å². The Labute approximate surface area is 114 Å². The van der Waals surface area contributed by atoms with E-state index in [4.69, 9.17) is 0 Å². The SMILES string of the molecule is CCC(C)S(=O)(=O)CC(=O)c1ccc2c(c1)CCC2. The number of aryl methyl sites for hydroxylation is 2. The van der Waals surface area contributed by atoms with Gasteiger partial charge in [-0.3, -0.25) is 4.79 Å². The van der Waals surface area contributed by atoms with Crippen molar-refractivity contribution in [2.45, 2.75) is 44.8 Å². The lowest BCUT2D eigenvalue weighted by Crippen LogP contribution is -2.25. The molecule has 1 aromatic rings. The van der Waals surface area contributed by atoms with Gasteiger partial charge in [0.1, 0.15) is 5.75 Å². The molecular formula is C15H20O3S. The van der Waals surface area contributed by atoms with Crippen molar-refractivity contribution < 1.29 is 13.2 Å². The van der Waals surface area contributed by atoms with Crippen LogP contribution in [0.2, 0.25) is 0 Å². The molecular weight excluding hydrogens is 260 g/mol. The van der Waals surface area contributed by atoms with Gasteiger partial charge in [0, 0.05) is 5.56 Å². The summed E-state index contributed by atoms with van der Waals surface area (Å²) in [5.74, 6) is -0.657. The average Bonchev–Trinajstić information content (AvgIpc) is 2.84. The van der Waals surface area contributed by atoms with Crippen LogP contribution in [0.25, 0.3) is 0 Å². The molecule has 104 valence electrons. The summed E-state index contributed by atoms with van der Waals surface area (Å²) in [4.78, 5) is 12.1. The molecule has 0 bridgehead atoms. The van der Waals surface area contributed by atoms with Gasteiger partial charge >= 0.3 is 0 Å². The Morgan fingerprint density at radius 3 is 2.63 bits per heavy atom. The second-order valence-electron chi connectivity index (χ2n) is 5.29. The quantitative estimate of drug-likeness (QED) is 0.779. The smallest absolute Gasteiger partial charge is 0.177 e. The van der Waals surface area contributed by atoms with Crippen LogP contribution < -0.4 is 0 Å². The van der Waals surface area contributed by atoms with Gasteiger partial charge in [-0.1, -0.05) is 19.1 Å². The Hall–Kier alpha value is -1.16. The lowest BCUT2D eigenvalue weighted by molar-refractivity contribution is 0.102. The molecule has 0 fully saturated rings. The summed E-state index contributed by atoms with van der Waals surface area (Å²) in [6, 6.07) is 5.60. The van der Waals surface area contributed by atoms with Gasteiger partial charge < -0.3 is 0 Å². The number of carbonyl (C=O) groups excluding carboxylic acids is 1. The first-order valence-electron chi connectivity index (χ1n) is 6.80. The van der Waals surface area contributed by atoms with Gasteiger partial charge in [0.05, 0.1) is 5.25 Å². The van der Waals surface area contributed by atoms with Crippen molar-refractivity contribution in [3.63, 3.8) is 0 Å². The molecule has 0 radical (unpaired) electrons. The zero-order valence-corrected chi connectivity index (χ0v) is 12.3. The lowest BCUT2D eigenvalue weighted by Gasteiger charge is -2.10. The molecule has 2 rings (SSSR count). The molecule has 1 atom stereocenters. The van der Waals surface area contributed by atoms with Crippen molar-refractivity contribution in [3.8, 4) is 0 Å². The summed E-state index contributed by atoms with van der Waals surface area (Å²) in [6.45, 7) is 3.48. The normalized spacial score (nSPS) is 16.1. The number of Topliss-reactive ketones (excluding diaryl/α,β-unsaturated/α-hetero) is 1. The molecule has 0 aromatic heterocycles. The molecule has 1 aromatic carbocycles. The zero-order valence-electron chi connectivity index (χ0n) is 11.5. The summed E-state index contributed by atoms with van der Waals surface area (Å²) in [5.41, 5.74) is 3.03. The van der Waals surface area contributed by atoms with Gasteiger partial charge in [0.15, 0.2) is 15.6 Å². The number of ketones is 1. The van der Waals surface area contributed by atoms with Gasteiger partial charge in [0.2, 0.25) is 0 Å². The minimum Gasteiger partial charge on any atom is -0.293 e. The van der Waals surface area contributed by atoms with E-state index in [0.717, 1.165) is 19.3 Å². The van der Waals surface area contributed by atoms with Crippen LogP contribution >= 0.6 is 0 Å². The summed E-state index contributed by atoms with van der Waals surface area (Å²) < 4.78 is 23.9. The number of sulfone groups is 1. The minimum atomic E-state index is -3.32. The second-order valence-corrected chi connectivity index (χ2v) is 7.71. The van der Waals surface area contributed by atoms with Crippen LogP contribution in [0.15, 0.2) is 18.2 Å². The van der Waals surface area contributed by atoms with E-state index >= 15 is 0 Å². The lowest BCUT2D eigenvalue weighted by atomic mass is 10.0. The minimum absolute atomic E-state index is 0.282. The zero-order chi connectivity index (χ0) is 14.0. The number of fused-ring (bicyclic) bond motifs is 1. The highest BCUT2D eigenvalue weighted by Gasteiger charge is 2.24. The number of hydrogen-bond donors (Lipinski definition) is 0. The van der Waals surface area contributed by atoms with Crippen molar-refractivity contribution in [1.82, 2.24) is 0 Å². The molecule has 4 heteroatoms. The molecule has 0 heterocycles. The van der Waals surface area contributed by atoms with E-state index in [1.54, 1.807) is 13.0 Å². The predicted octanol–water partition coefficient (Wildman–Crippen LogP) is 2.57. The monoisotopic (exact) mass is 280 g/mol. The molecule has 1 aliphatic rings. The first kappa shape index (κ1) is 14.3. The molecule has 0 amide bonds. The fourth-order valence-electron chi connectivity index (χ4n) is 2.41. The maximum atomic E-state index is 12.1. The molecule has 1 aliphatic carbocycles. The van der Waals surface area contributed by atoms with E-state index in [1.807, 2.05) is 19.1 Å². The van der Waals surface area contributed by atoms with Crippen molar-refractivity contribution in [2.75, 3.05) is 5.75 Å². The molecule has 0 N–H and O–H groups in total. The number of hydrogen-bond acceptors (Lipinski definition) is 3. The summed E-state index contributed by atoms with van der Waals surface area (Å²) in [5, 5.41) is -0.453. The second kappa shape index (κ2) is 5.45. The van der Waals surface area contributed by atoms with Gasteiger partial charge in [-0.15, -0.1) is 0 Å². The van der Waals surface area contributed by atoms with Crippen molar-refractivity contribution in [2.24, 2.45) is 0 Å². The highest BCUT2D eigenvalue weighted by atomic mass is 32.2. The number of benzene rings is 1. The fraction of sp³-hybridized carbons (Fsp3) is 0.533. The number of carbonyl (C=O) groups is 1. The highest BCUT2D eigenvalue weighted by Crippen LogP contribution is 2.23. The Bertz CT molecular complexity index is 587. The summed E-state index contributed by atoms with van der Waals surface area (Å²) >= 11 is 0. The van der Waals surface area contributed by atoms with E-state index in [0.29, 0.717) is 12.0 Å². The highest BCUT2D eigenvalue weighted by molar-refractivity contribution is 7.92. The molecule has 0 saturated heterocycles. The Balaban J connectivity index is 2.17. The van der Waals surface area contributed by atoms with E-state index in [-0.39, 0.29) is 11.5 Å². The maximum Gasteiger partial charge on any atom is 0.177 e. The van der Waals surface area contributed by atoms with Crippen LogP contribution in [-0.2, 0) is 22.7 Å². The van der Waals surface area contributed by atoms with E-state index in [2.05, 4.69) is 0 Å². The van der Waals surface area contributed by atoms with E-state index < -0.39 is 15.1 Å². The van der Waals surface area contributed by atoms with Crippen molar-refractivity contribution >= 4 is 15.6 Å². The average molecular weight is 280 g/mol. The Kier molecular flexibility index (Phi) is 4.09. The van der Waals surface area contributed by atoms with Gasteiger partial charge in [0.25, 0.3) is 0 Å². The van der Waals surface area contributed by atoms with Gasteiger partial charge in [-0.25, -0.2) is 8.42 Å². The van der Waals surface area contributed by atoms with Crippen LogP contribution in [0.3, 0.4) is 0 Å². The van der Waals surface area contributed by atoms with Crippen LogP contribution in [0.4, 0.5) is 0 Å². The predicted molar refractivity (Wildman–Crippen MR) is 76.3 cm³/mol. The third-order valence-corrected chi connectivity index (χ3v) is 6.16. The van der Waals surface area contributed by atoms with Gasteiger partial charge in [-0.05, 0) is 49.8 Å². The van der Waals surface area contributed by atoms with E-state index in [9.17, 15) is 13.2 Å². The largest absolute Gasteiger partial charge is 0.293 e. The van der Waals surface area contributed by atoms with Crippen LogP contribution in [0, 0.1) is 0 Å². The molecule has 1 unspecified atom stereocenters. The maximum absolute atomic E-state index is 12.1. The third-order valence-electron chi connectivity index (χ3n) is 3.94. The fourth-order valence-corrected chi connectivity index (χ4v) is 3.73. The first-order chi connectivity index (χ1) is 8.94. The first-order valence-corrected chi connectivity index (χ1v) is 8.52. The van der Waals surface area contributed by atoms with Crippen LogP contribution in [-0.4, -0.2) is 25.2 Å². The molecule has 19 heavy (non-hydrogen) atoms. The Morgan fingerprint density at radius 2 is 1.95 bits per heavy atom. The van der Waals surface area contributed by atoms with Crippen molar-refractivity contribution in [3.05, 3.63) is 34.9 Å². The Morgan fingerprint density at radius 1 is 1.26 bits per heavy atom. The standard InChI is InChI=1S/C15H20O3S/c1-3-11(2)19(17,18)10-15(16)14-8-7-12-5-4-6-13(12)9-14/h7-9,11H,3-6,10H2,1-2H3. The van der Waals surface area contributed by atoms with Crippen LogP contribution in [0.5, 0.6) is 0 Å². The van der Waals surface area contributed by atoms with Gasteiger partial charge in [-0.2, -0.15) is 0 Å². The van der Waals surface area contributed by atoms with E-state index in [1.165, 1.54) is 11.1 Å². The molecule has 0 spiro atoms. The molecule has 3 nitrogen and oxygen atoms in total. The summed E-state index contributed by atoms with van der Waals surface area (Å²) in [7, 11) is -3.32. The van der Waals surface area contributed by atoms with Crippen molar-refractivity contribution in [1.29, 1.82) is 0 Å².